The molecule has 3 rings (SSSR count). The summed E-state index contributed by atoms with van der Waals surface area (Å²) in [6, 6.07) is 17.2. The Kier molecular flexibility index (Phi) is 16.5. The molecule has 246 valence electrons. The third-order valence-electron chi connectivity index (χ3n) is 8.71. The van der Waals surface area contributed by atoms with Crippen molar-refractivity contribution < 1.29 is 4.79 Å². The number of unbranched alkanes of at least 4 members (excludes halogenated alkanes) is 1. The molecule has 0 bridgehead atoms. The molecule has 3 atom stereocenters. The first-order valence-electron chi connectivity index (χ1n) is 16.5. The number of hydrogen-bond acceptors (Lipinski definition) is 6. The normalized spacial score (nSPS) is 16.4. The van der Waals surface area contributed by atoms with E-state index in [-0.39, 0.29) is 11.9 Å². The van der Waals surface area contributed by atoms with E-state index in [1.165, 1.54) is 5.56 Å². The van der Waals surface area contributed by atoms with Crippen molar-refractivity contribution in [3.63, 3.8) is 0 Å². The monoisotopic (exact) mass is 646 g/mol. The van der Waals surface area contributed by atoms with E-state index >= 15 is 0 Å². The molecule has 1 fully saturated rings. The number of nitrogens with two attached hydrogens (primary N) is 2. The summed E-state index contributed by atoms with van der Waals surface area (Å²) in [7, 11) is 2.24. The highest BCUT2D eigenvalue weighted by Gasteiger charge is 2.27. The van der Waals surface area contributed by atoms with Crippen LogP contribution >= 0.6 is 23.2 Å². The predicted octanol–water partition coefficient (Wildman–Crippen LogP) is 5.12. The van der Waals surface area contributed by atoms with Crippen LogP contribution < -0.4 is 22.1 Å². The van der Waals surface area contributed by atoms with E-state index in [0.29, 0.717) is 40.5 Å². The van der Waals surface area contributed by atoms with E-state index in [2.05, 4.69) is 60.7 Å². The van der Waals surface area contributed by atoms with Crippen LogP contribution in [0.15, 0.2) is 48.5 Å². The van der Waals surface area contributed by atoms with Crippen LogP contribution in [0.25, 0.3) is 0 Å². The minimum Gasteiger partial charge on any atom is -0.342 e. The number of carbonyl (C=O) groups excluding carboxylic acids is 1. The average molecular weight is 648 g/mol. The first-order chi connectivity index (χ1) is 21.1. The summed E-state index contributed by atoms with van der Waals surface area (Å²) in [6.07, 6.45) is 7.56. The summed E-state index contributed by atoms with van der Waals surface area (Å²) in [6.45, 7) is 9.56. The molecular weight excluding hydrogens is 591 g/mol. The predicted molar refractivity (Wildman–Crippen MR) is 186 cm³/mol. The molecule has 2 aromatic rings. The van der Waals surface area contributed by atoms with Gasteiger partial charge in [-0.1, -0.05) is 79.9 Å². The molecule has 1 heterocycles. The Hall–Kier alpha value is -1.71. The summed E-state index contributed by atoms with van der Waals surface area (Å²) in [4.78, 5) is 17.5. The molecule has 9 heteroatoms. The summed E-state index contributed by atoms with van der Waals surface area (Å²) in [5.74, 6) is 0.751. The highest BCUT2D eigenvalue weighted by Crippen LogP contribution is 2.24. The minimum absolute atomic E-state index is 0.0836. The Morgan fingerprint density at radius 1 is 0.977 bits per heavy atom. The van der Waals surface area contributed by atoms with Gasteiger partial charge < -0.3 is 31.9 Å². The van der Waals surface area contributed by atoms with Crippen LogP contribution in [-0.2, 0) is 17.6 Å². The lowest BCUT2D eigenvalue weighted by Crippen LogP contribution is -2.52. The number of benzene rings is 2. The number of carbonyl (C=O) groups is 1. The van der Waals surface area contributed by atoms with Gasteiger partial charge in [0.15, 0.2) is 0 Å². The van der Waals surface area contributed by atoms with Crippen molar-refractivity contribution in [1.82, 2.24) is 20.4 Å². The van der Waals surface area contributed by atoms with Crippen LogP contribution in [0.2, 0.25) is 10.0 Å². The topological polar surface area (TPSA) is 99.6 Å². The number of halogens is 2. The van der Waals surface area contributed by atoms with E-state index in [1.807, 2.05) is 17.0 Å². The molecule has 0 spiro atoms. The van der Waals surface area contributed by atoms with Crippen LogP contribution in [0.3, 0.4) is 0 Å². The number of nitrogens with zero attached hydrogens (tertiary/aromatic N) is 2. The molecule has 0 aliphatic carbocycles. The largest absolute Gasteiger partial charge is 0.342 e. The number of likely N-dealkylation sites (tertiary alicyclic amines) is 1. The number of hydrogen-bond donors (Lipinski definition) is 4. The fraction of sp³-hybridized carbons (Fsp3) is 0.629. The SMILES string of the molecule is CC(C)C[C@H](CN[C@H](CCCCN)CN(C)C1CCN(C(=O)Cc2ccc(Cl)c(Cl)c2)CC1)NC[C@H](N)Cc1ccccc1. The second kappa shape index (κ2) is 19.7. The quantitative estimate of drug-likeness (QED) is 0.158. The lowest BCUT2D eigenvalue weighted by Gasteiger charge is -2.38. The Labute approximate surface area is 276 Å². The third-order valence-corrected chi connectivity index (χ3v) is 9.45. The number of rotatable bonds is 19. The van der Waals surface area contributed by atoms with Crippen molar-refractivity contribution >= 4 is 29.1 Å². The lowest BCUT2D eigenvalue weighted by atomic mass is 10.00. The van der Waals surface area contributed by atoms with Crippen molar-refractivity contribution in [2.24, 2.45) is 17.4 Å². The maximum Gasteiger partial charge on any atom is 0.226 e. The van der Waals surface area contributed by atoms with Gasteiger partial charge in [0, 0.05) is 56.9 Å². The zero-order chi connectivity index (χ0) is 31.9. The van der Waals surface area contributed by atoms with Gasteiger partial charge in [-0.05, 0) is 81.3 Å². The molecule has 1 saturated heterocycles. The summed E-state index contributed by atoms with van der Waals surface area (Å²) < 4.78 is 0. The second-order valence-corrected chi connectivity index (χ2v) is 13.9. The first kappa shape index (κ1) is 36.8. The van der Waals surface area contributed by atoms with Crippen molar-refractivity contribution in [2.75, 3.05) is 46.3 Å². The maximum absolute atomic E-state index is 13.0. The Morgan fingerprint density at radius 3 is 2.34 bits per heavy atom. The van der Waals surface area contributed by atoms with Gasteiger partial charge in [0.1, 0.15) is 0 Å². The van der Waals surface area contributed by atoms with Crippen molar-refractivity contribution in [3.05, 3.63) is 69.7 Å². The van der Waals surface area contributed by atoms with Crippen LogP contribution in [0.1, 0.15) is 63.5 Å². The van der Waals surface area contributed by atoms with Gasteiger partial charge in [-0.3, -0.25) is 4.79 Å². The van der Waals surface area contributed by atoms with Gasteiger partial charge in [0.25, 0.3) is 0 Å². The van der Waals surface area contributed by atoms with Crippen molar-refractivity contribution in [1.29, 1.82) is 0 Å². The standard InChI is InChI=1S/C35H56Cl2N6O/c1-26(2)19-31(40-23-29(39)20-27-9-5-4-6-10-27)24-41-30(11-7-8-16-38)25-42(3)32-14-17-43(18-15-32)35(44)22-28-12-13-33(36)34(37)21-28/h4-6,9-10,12-13,21,26,29-32,40-41H,7-8,11,14-20,22-25,38-39H2,1-3H3/t29-,30-,31-/m1/s1. The summed E-state index contributed by atoms with van der Waals surface area (Å²) in [5.41, 5.74) is 14.5. The first-order valence-corrected chi connectivity index (χ1v) is 17.3. The highest BCUT2D eigenvalue weighted by molar-refractivity contribution is 6.42. The molecule has 0 aromatic heterocycles. The molecule has 1 amide bonds. The fourth-order valence-corrected chi connectivity index (χ4v) is 6.53. The zero-order valence-electron chi connectivity index (χ0n) is 27.1. The number of nitrogens with one attached hydrogen (secondary N) is 2. The van der Waals surface area contributed by atoms with Gasteiger partial charge in [-0.25, -0.2) is 0 Å². The third kappa shape index (κ3) is 13.3. The van der Waals surface area contributed by atoms with E-state index in [0.717, 1.165) is 89.8 Å². The van der Waals surface area contributed by atoms with E-state index < -0.39 is 0 Å². The molecule has 1 aliphatic heterocycles. The maximum atomic E-state index is 13.0. The van der Waals surface area contributed by atoms with E-state index in [1.54, 1.807) is 12.1 Å². The highest BCUT2D eigenvalue weighted by atomic mass is 35.5. The summed E-state index contributed by atoms with van der Waals surface area (Å²) in [5, 5.41) is 8.70. The van der Waals surface area contributed by atoms with Gasteiger partial charge in [0.05, 0.1) is 16.5 Å². The molecule has 0 unspecified atom stereocenters. The van der Waals surface area contributed by atoms with Gasteiger partial charge >= 0.3 is 0 Å². The Bertz CT molecular complexity index is 1100. The molecule has 44 heavy (non-hydrogen) atoms. The molecule has 0 saturated carbocycles. The van der Waals surface area contributed by atoms with Gasteiger partial charge in [-0.2, -0.15) is 0 Å². The Balaban J connectivity index is 1.48. The number of amides is 1. The summed E-state index contributed by atoms with van der Waals surface area (Å²) >= 11 is 12.2. The minimum atomic E-state index is 0.0836. The lowest BCUT2D eigenvalue weighted by molar-refractivity contribution is -0.132. The van der Waals surface area contributed by atoms with Crippen molar-refractivity contribution in [3.8, 4) is 0 Å². The second-order valence-electron chi connectivity index (χ2n) is 13.1. The van der Waals surface area contributed by atoms with Crippen LogP contribution in [0.4, 0.5) is 0 Å². The molecule has 2 aromatic carbocycles. The van der Waals surface area contributed by atoms with Gasteiger partial charge in [-0.15, -0.1) is 0 Å². The number of piperidine rings is 1. The van der Waals surface area contributed by atoms with Crippen LogP contribution in [0.5, 0.6) is 0 Å². The molecule has 7 nitrogen and oxygen atoms in total. The van der Waals surface area contributed by atoms with Crippen LogP contribution in [0, 0.1) is 5.92 Å². The Morgan fingerprint density at radius 2 is 1.68 bits per heavy atom. The molecule has 0 radical (unpaired) electrons. The van der Waals surface area contributed by atoms with Gasteiger partial charge in [0.2, 0.25) is 5.91 Å². The molecule has 6 N–H and O–H groups in total. The van der Waals surface area contributed by atoms with Crippen LogP contribution in [-0.4, -0.2) is 86.2 Å². The van der Waals surface area contributed by atoms with Crippen molar-refractivity contribution in [2.45, 2.75) is 89.4 Å². The molecule has 1 aliphatic rings. The van der Waals surface area contributed by atoms with E-state index in [9.17, 15) is 4.79 Å². The average Bonchev–Trinajstić information content (AvgIpc) is 3.00. The molecular formula is C35H56Cl2N6O. The zero-order valence-corrected chi connectivity index (χ0v) is 28.6. The van der Waals surface area contributed by atoms with E-state index in [4.69, 9.17) is 34.7 Å². The smallest absolute Gasteiger partial charge is 0.226 e. The number of likely N-dealkylation sites (N-methyl/N-ethyl adjacent to an activating group) is 1. The fourth-order valence-electron chi connectivity index (χ4n) is 6.21.